The number of aryl methyl sites for hydroxylation is 1. The van der Waals surface area contributed by atoms with Gasteiger partial charge in [-0.25, -0.2) is 0 Å². The van der Waals surface area contributed by atoms with E-state index in [4.69, 9.17) is 5.73 Å². The van der Waals surface area contributed by atoms with Crippen LogP contribution in [0.15, 0.2) is 18.2 Å². The summed E-state index contributed by atoms with van der Waals surface area (Å²) in [6.07, 6.45) is 0.989. The van der Waals surface area contributed by atoms with Crippen molar-refractivity contribution in [1.29, 1.82) is 0 Å². The van der Waals surface area contributed by atoms with E-state index >= 15 is 0 Å². The number of anilines is 1. The van der Waals surface area contributed by atoms with Gasteiger partial charge in [0.05, 0.1) is 4.92 Å². The predicted octanol–water partition coefficient (Wildman–Crippen LogP) is 3.10. The average Bonchev–Trinajstić information content (AvgIpc) is 2.38. The van der Waals surface area contributed by atoms with Gasteiger partial charge in [0.2, 0.25) is 0 Å². The normalized spacial score (nSPS) is 11.4. The Hall–Kier alpha value is -1.62. The van der Waals surface area contributed by atoms with E-state index in [2.05, 4.69) is 25.7 Å². The van der Waals surface area contributed by atoms with E-state index < -0.39 is 0 Å². The first-order valence-corrected chi connectivity index (χ1v) is 7.01. The molecule has 0 unspecified atom stereocenters. The SMILES string of the molecule is CCCN(CC(C)(C)CN)c1cc([N+](=O)[O-])ccc1C. The summed E-state index contributed by atoms with van der Waals surface area (Å²) in [6, 6.07) is 5.03. The van der Waals surface area contributed by atoms with Crippen LogP contribution in [0.1, 0.15) is 32.8 Å². The molecular weight excluding hydrogens is 254 g/mol. The molecule has 0 aliphatic rings. The number of hydrogen-bond acceptors (Lipinski definition) is 4. The molecule has 112 valence electrons. The van der Waals surface area contributed by atoms with Crippen molar-refractivity contribution in [3.8, 4) is 0 Å². The highest BCUT2D eigenvalue weighted by Crippen LogP contribution is 2.28. The van der Waals surface area contributed by atoms with Gasteiger partial charge in [0.25, 0.3) is 5.69 Å². The Morgan fingerprint density at radius 2 is 2.05 bits per heavy atom. The summed E-state index contributed by atoms with van der Waals surface area (Å²) in [4.78, 5) is 12.8. The van der Waals surface area contributed by atoms with Crippen LogP contribution < -0.4 is 10.6 Å². The van der Waals surface area contributed by atoms with Crippen molar-refractivity contribution in [2.45, 2.75) is 34.1 Å². The molecule has 0 heterocycles. The molecule has 0 saturated carbocycles. The highest BCUT2D eigenvalue weighted by atomic mass is 16.6. The van der Waals surface area contributed by atoms with E-state index in [1.165, 1.54) is 0 Å². The molecule has 0 spiro atoms. The van der Waals surface area contributed by atoms with Gasteiger partial charge in [0.15, 0.2) is 0 Å². The Morgan fingerprint density at radius 3 is 2.55 bits per heavy atom. The molecule has 0 aliphatic carbocycles. The number of benzene rings is 1. The fraction of sp³-hybridized carbons (Fsp3) is 0.600. The number of nitrogens with zero attached hydrogens (tertiary/aromatic N) is 2. The number of nitrogens with two attached hydrogens (primary N) is 1. The molecule has 0 saturated heterocycles. The summed E-state index contributed by atoms with van der Waals surface area (Å²) in [5.74, 6) is 0. The minimum Gasteiger partial charge on any atom is -0.371 e. The van der Waals surface area contributed by atoms with E-state index in [9.17, 15) is 10.1 Å². The second-order valence-electron chi connectivity index (χ2n) is 6.02. The van der Waals surface area contributed by atoms with Crippen molar-refractivity contribution in [2.24, 2.45) is 11.1 Å². The van der Waals surface area contributed by atoms with Crippen LogP contribution in [0.3, 0.4) is 0 Å². The third kappa shape index (κ3) is 4.20. The summed E-state index contributed by atoms with van der Waals surface area (Å²) in [5.41, 5.74) is 7.91. The lowest BCUT2D eigenvalue weighted by Crippen LogP contribution is -2.39. The quantitative estimate of drug-likeness (QED) is 0.615. The lowest BCUT2D eigenvalue weighted by Gasteiger charge is -2.34. The van der Waals surface area contributed by atoms with Gasteiger partial charge in [-0.2, -0.15) is 0 Å². The van der Waals surface area contributed by atoms with Crippen molar-refractivity contribution >= 4 is 11.4 Å². The van der Waals surface area contributed by atoms with Crippen molar-refractivity contribution in [3.05, 3.63) is 33.9 Å². The summed E-state index contributed by atoms with van der Waals surface area (Å²) in [5, 5.41) is 11.0. The third-order valence-corrected chi connectivity index (χ3v) is 3.41. The predicted molar refractivity (Wildman–Crippen MR) is 83.2 cm³/mol. The molecule has 0 amide bonds. The summed E-state index contributed by atoms with van der Waals surface area (Å²) in [7, 11) is 0. The number of nitro groups is 1. The maximum Gasteiger partial charge on any atom is 0.271 e. The van der Waals surface area contributed by atoms with E-state index in [1.54, 1.807) is 12.1 Å². The van der Waals surface area contributed by atoms with Gasteiger partial charge < -0.3 is 10.6 Å². The summed E-state index contributed by atoms with van der Waals surface area (Å²) >= 11 is 0. The molecule has 0 fully saturated rings. The van der Waals surface area contributed by atoms with Gasteiger partial charge in [-0.3, -0.25) is 10.1 Å². The van der Waals surface area contributed by atoms with Crippen molar-refractivity contribution < 1.29 is 4.92 Å². The van der Waals surface area contributed by atoms with E-state index in [0.29, 0.717) is 6.54 Å². The maximum atomic E-state index is 11.0. The smallest absolute Gasteiger partial charge is 0.271 e. The number of hydrogen-bond donors (Lipinski definition) is 1. The zero-order valence-electron chi connectivity index (χ0n) is 12.8. The standard InChI is InChI=1S/C15H25N3O2/c1-5-8-17(11-15(3,4)10-16)14-9-13(18(19)20)7-6-12(14)2/h6-7,9H,5,8,10-11,16H2,1-4H3. The molecule has 0 aromatic heterocycles. The van der Waals surface area contributed by atoms with Crippen LogP contribution in [0.4, 0.5) is 11.4 Å². The number of non-ortho nitro benzene ring substituents is 1. The van der Waals surface area contributed by atoms with Crippen LogP contribution in [0, 0.1) is 22.5 Å². The number of nitro benzene ring substituents is 1. The maximum absolute atomic E-state index is 11.0. The van der Waals surface area contributed by atoms with Crippen LogP contribution in [0.2, 0.25) is 0 Å². The van der Waals surface area contributed by atoms with Crippen LogP contribution in [-0.2, 0) is 0 Å². The molecule has 1 rings (SSSR count). The fourth-order valence-corrected chi connectivity index (χ4v) is 2.19. The lowest BCUT2D eigenvalue weighted by molar-refractivity contribution is -0.384. The zero-order chi connectivity index (χ0) is 15.3. The molecule has 0 aliphatic heterocycles. The molecule has 0 atom stereocenters. The second kappa shape index (κ2) is 6.70. The average molecular weight is 279 g/mol. The van der Waals surface area contributed by atoms with Crippen molar-refractivity contribution in [1.82, 2.24) is 0 Å². The third-order valence-electron chi connectivity index (χ3n) is 3.41. The van der Waals surface area contributed by atoms with Gasteiger partial charge in [-0.1, -0.05) is 26.8 Å². The van der Waals surface area contributed by atoms with Crippen LogP contribution in [0.25, 0.3) is 0 Å². The molecule has 2 N–H and O–H groups in total. The molecule has 5 nitrogen and oxygen atoms in total. The van der Waals surface area contributed by atoms with Crippen molar-refractivity contribution in [2.75, 3.05) is 24.5 Å². The van der Waals surface area contributed by atoms with Gasteiger partial charge >= 0.3 is 0 Å². The molecule has 0 bridgehead atoms. The summed E-state index contributed by atoms with van der Waals surface area (Å²) in [6.45, 7) is 10.6. The van der Waals surface area contributed by atoms with Crippen LogP contribution in [0.5, 0.6) is 0 Å². The van der Waals surface area contributed by atoms with Crippen LogP contribution in [-0.4, -0.2) is 24.6 Å². The molecule has 1 aromatic carbocycles. The molecule has 5 heteroatoms. The Bertz CT molecular complexity index is 472. The highest BCUT2D eigenvalue weighted by Gasteiger charge is 2.22. The van der Waals surface area contributed by atoms with E-state index in [0.717, 1.165) is 30.8 Å². The minimum atomic E-state index is -0.346. The molecule has 1 aromatic rings. The molecular formula is C15H25N3O2. The van der Waals surface area contributed by atoms with Gasteiger partial charge in [0.1, 0.15) is 0 Å². The second-order valence-corrected chi connectivity index (χ2v) is 6.02. The Morgan fingerprint density at radius 1 is 1.40 bits per heavy atom. The van der Waals surface area contributed by atoms with Gasteiger partial charge in [0, 0.05) is 30.9 Å². The highest BCUT2D eigenvalue weighted by molar-refractivity contribution is 5.58. The number of rotatable bonds is 7. The first-order valence-electron chi connectivity index (χ1n) is 7.01. The van der Waals surface area contributed by atoms with Crippen LogP contribution >= 0.6 is 0 Å². The van der Waals surface area contributed by atoms with Gasteiger partial charge in [-0.05, 0) is 30.9 Å². The van der Waals surface area contributed by atoms with E-state index in [1.807, 2.05) is 13.0 Å². The first-order chi connectivity index (χ1) is 9.30. The monoisotopic (exact) mass is 279 g/mol. The lowest BCUT2D eigenvalue weighted by atomic mass is 9.92. The fourth-order valence-electron chi connectivity index (χ4n) is 2.19. The molecule has 0 radical (unpaired) electrons. The molecule has 20 heavy (non-hydrogen) atoms. The Labute approximate surface area is 120 Å². The topological polar surface area (TPSA) is 72.4 Å². The van der Waals surface area contributed by atoms with Crippen molar-refractivity contribution in [3.63, 3.8) is 0 Å². The zero-order valence-corrected chi connectivity index (χ0v) is 12.8. The van der Waals surface area contributed by atoms with Gasteiger partial charge in [-0.15, -0.1) is 0 Å². The largest absolute Gasteiger partial charge is 0.371 e. The minimum absolute atomic E-state index is 0.0216. The Kier molecular flexibility index (Phi) is 5.51. The Balaban J connectivity index is 3.13. The van der Waals surface area contributed by atoms with E-state index in [-0.39, 0.29) is 16.0 Å². The summed E-state index contributed by atoms with van der Waals surface area (Å²) < 4.78 is 0. The first kappa shape index (κ1) is 16.4.